The quantitative estimate of drug-likeness (QED) is 0.523. The lowest BCUT2D eigenvalue weighted by Crippen LogP contribution is -1.84. The Bertz CT molecular complexity index is 347. The fourth-order valence-corrected chi connectivity index (χ4v) is 1.13. The highest BCUT2D eigenvalue weighted by molar-refractivity contribution is 9.09. The maximum Gasteiger partial charge on any atom is 0.124 e. The average molecular weight is 241 g/mol. The van der Waals surface area contributed by atoms with Crippen molar-refractivity contribution in [2.75, 3.05) is 5.33 Å². The van der Waals surface area contributed by atoms with Gasteiger partial charge in [-0.3, -0.25) is 0 Å². The van der Waals surface area contributed by atoms with E-state index < -0.39 is 0 Å². The minimum absolute atomic E-state index is 0.228. The lowest BCUT2D eigenvalue weighted by Gasteiger charge is -1.96. The molecule has 2 heteroatoms. The second kappa shape index (κ2) is 5.04. The predicted molar refractivity (Wildman–Crippen MR) is 56.4 cm³/mol. The van der Waals surface area contributed by atoms with Crippen LogP contribution in [0.2, 0.25) is 0 Å². The molecule has 0 fully saturated rings. The lowest BCUT2D eigenvalue weighted by molar-refractivity contribution is 0.627. The van der Waals surface area contributed by atoms with E-state index in [1.165, 1.54) is 12.1 Å². The Balaban J connectivity index is 2.89. The molecule has 0 unspecified atom stereocenters. The number of alkyl halides is 1. The highest BCUT2D eigenvalue weighted by Crippen LogP contribution is 2.08. The first-order valence-corrected chi connectivity index (χ1v) is 5.17. The molecule has 1 rings (SSSR count). The summed E-state index contributed by atoms with van der Waals surface area (Å²) < 4.78 is 12.8. The number of aryl methyl sites for hydroxylation is 1. The Labute approximate surface area is 86.3 Å². The SMILES string of the molecule is Cc1ccc(F)cc1C#CCCBr. The van der Waals surface area contributed by atoms with Crippen molar-refractivity contribution >= 4 is 15.9 Å². The molecule has 0 nitrogen and oxygen atoms in total. The number of hydrogen-bond acceptors (Lipinski definition) is 0. The van der Waals surface area contributed by atoms with Crippen LogP contribution < -0.4 is 0 Å². The van der Waals surface area contributed by atoms with Crippen LogP contribution in [0.15, 0.2) is 18.2 Å². The van der Waals surface area contributed by atoms with Crippen molar-refractivity contribution in [3.8, 4) is 11.8 Å². The van der Waals surface area contributed by atoms with Crippen molar-refractivity contribution in [1.29, 1.82) is 0 Å². The van der Waals surface area contributed by atoms with Crippen molar-refractivity contribution in [3.63, 3.8) is 0 Å². The van der Waals surface area contributed by atoms with Crippen LogP contribution in [0.25, 0.3) is 0 Å². The van der Waals surface area contributed by atoms with Crippen molar-refractivity contribution < 1.29 is 4.39 Å². The highest BCUT2D eigenvalue weighted by Gasteiger charge is 1.95. The second-order valence-corrected chi connectivity index (χ2v) is 3.49. The van der Waals surface area contributed by atoms with E-state index in [0.29, 0.717) is 0 Å². The normalized spacial score (nSPS) is 9.15. The molecular formula is C11H10BrF. The maximum atomic E-state index is 12.8. The molecule has 1 aromatic rings. The Hall–Kier alpha value is -0.810. The molecule has 0 radical (unpaired) electrons. The zero-order valence-corrected chi connectivity index (χ0v) is 8.99. The second-order valence-electron chi connectivity index (χ2n) is 2.70. The average Bonchev–Trinajstić information content (AvgIpc) is 2.11. The van der Waals surface area contributed by atoms with Crippen molar-refractivity contribution in [2.24, 2.45) is 0 Å². The molecule has 1 aromatic carbocycles. The third-order valence-electron chi connectivity index (χ3n) is 1.64. The van der Waals surface area contributed by atoms with Crippen LogP contribution in [0.5, 0.6) is 0 Å². The molecule has 13 heavy (non-hydrogen) atoms. The molecule has 0 saturated heterocycles. The van der Waals surface area contributed by atoms with E-state index in [1.54, 1.807) is 6.07 Å². The summed E-state index contributed by atoms with van der Waals surface area (Å²) in [7, 11) is 0. The van der Waals surface area contributed by atoms with Crippen LogP contribution >= 0.6 is 15.9 Å². The van der Waals surface area contributed by atoms with Gasteiger partial charge in [0.05, 0.1) is 0 Å². The number of hydrogen-bond donors (Lipinski definition) is 0. The van der Waals surface area contributed by atoms with Crippen LogP contribution in [0.3, 0.4) is 0 Å². The topological polar surface area (TPSA) is 0 Å². The lowest BCUT2D eigenvalue weighted by atomic mass is 10.1. The Morgan fingerprint density at radius 1 is 1.46 bits per heavy atom. The van der Waals surface area contributed by atoms with Crippen molar-refractivity contribution in [1.82, 2.24) is 0 Å². The van der Waals surface area contributed by atoms with E-state index >= 15 is 0 Å². The van der Waals surface area contributed by atoms with Gasteiger partial charge in [0.25, 0.3) is 0 Å². The van der Waals surface area contributed by atoms with E-state index in [-0.39, 0.29) is 5.82 Å². The summed E-state index contributed by atoms with van der Waals surface area (Å²) in [4.78, 5) is 0. The van der Waals surface area contributed by atoms with E-state index in [1.807, 2.05) is 6.92 Å². The Kier molecular flexibility index (Phi) is 3.98. The molecule has 0 aliphatic rings. The summed E-state index contributed by atoms with van der Waals surface area (Å²) in [5, 5.41) is 0.856. The third kappa shape index (κ3) is 3.20. The highest BCUT2D eigenvalue weighted by atomic mass is 79.9. The van der Waals surface area contributed by atoms with E-state index in [4.69, 9.17) is 0 Å². The van der Waals surface area contributed by atoms with Gasteiger partial charge in [0, 0.05) is 17.3 Å². The molecule has 0 aliphatic carbocycles. The maximum absolute atomic E-state index is 12.8. The third-order valence-corrected chi connectivity index (χ3v) is 2.04. The first kappa shape index (κ1) is 10.3. The number of halogens is 2. The summed E-state index contributed by atoms with van der Waals surface area (Å²) in [6, 6.07) is 4.66. The molecule has 0 aromatic heterocycles. The zero-order chi connectivity index (χ0) is 9.68. The molecule has 0 aliphatic heterocycles. The fraction of sp³-hybridized carbons (Fsp3) is 0.273. The summed E-state index contributed by atoms with van der Waals surface area (Å²) in [6.07, 6.45) is 0.788. The van der Waals surface area contributed by atoms with Crippen LogP contribution in [-0.2, 0) is 0 Å². The van der Waals surface area contributed by atoms with Crippen LogP contribution in [0.4, 0.5) is 4.39 Å². The van der Waals surface area contributed by atoms with Gasteiger partial charge in [-0.05, 0) is 24.6 Å². The largest absolute Gasteiger partial charge is 0.207 e. The molecule has 0 spiro atoms. The van der Waals surface area contributed by atoms with Crippen molar-refractivity contribution in [2.45, 2.75) is 13.3 Å². The van der Waals surface area contributed by atoms with Gasteiger partial charge in [-0.1, -0.05) is 33.8 Å². The zero-order valence-electron chi connectivity index (χ0n) is 7.40. The Morgan fingerprint density at radius 2 is 2.23 bits per heavy atom. The first-order chi connectivity index (χ1) is 6.24. The Morgan fingerprint density at radius 3 is 2.92 bits per heavy atom. The standard InChI is InChI=1S/C11H10BrF/c1-9-5-6-11(13)8-10(9)4-2-3-7-12/h5-6,8H,3,7H2,1H3. The summed E-state index contributed by atoms with van der Waals surface area (Å²) in [5.41, 5.74) is 1.80. The molecule has 0 saturated carbocycles. The molecule has 0 N–H and O–H groups in total. The summed E-state index contributed by atoms with van der Waals surface area (Å²) >= 11 is 3.28. The van der Waals surface area contributed by atoms with Gasteiger partial charge in [-0.25, -0.2) is 4.39 Å². The van der Waals surface area contributed by atoms with Gasteiger partial charge < -0.3 is 0 Å². The molecule has 0 heterocycles. The van der Waals surface area contributed by atoms with Gasteiger partial charge in [-0.2, -0.15) is 0 Å². The molecule has 0 atom stereocenters. The van der Waals surface area contributed by atoms with Crippen LogP contribution in [0, 0.1) is 24.6 Å². The predicted octanol–water partition coefficient (Wildman–Crippen LogP) is 3.27. The number of benzene rings is 1. The fourth-order valence-electron chi connectivity index (χ4n) is 0.934. The number of rotatable bonds is 1. The van der Waals surface area contributed by atoms with Gasteiger partial charge >= 0.3 is 0 Å². The van der Waals surface area contributed by atoms with Gasteiger partial charge in [0.1, 0.15) is 5.82 Å². The molecule has 0 bridgehead atoms. The van der Waals surface area contributed by atoms with Crippen LogP contribution in [-0.4, -0.2) is 5.33 Å². The van der Waals surface area contributed by atoms with E-state index in [9.17, 15) is 4.39 Å². The van der Waals surface area contributed by atoms with Gasteiger partial charge in [0.15, 0.2) is 0 Å². The van der Waals surface area contributed by atoms with Gasteiger partial charge in [-0.15, -0.1) is 0 Å². The molecule has 0 amide bonds. The van der Waals surface area contributed by atoms with Crippen LogP contribution in [0.1, 0.15) is 17.5 Å². The smallest absolute Gasteiger partial charge is 0.124 e. The van der Waals surface area contributed by atoms with E-state index in [0.717, 1.165) is 22.9 Å². The minimum atomic E-state index is -0.228. The minimum Gasteiger partial charge on any atom is -0.207 e. The summed E-state index contributed by atoms with van der Waals surface area (Å²) in [6.45, 7) is 1.93. The monoisotopic (exact) mass is 240 g/mol. The molecule has 68 valence electrons. The first-order valence-electron chi connectivity index (χ1n) is 4.05. The van der Waals surface area contributed by atoms with Gasteiger partial charge in [0.2, 0.25) is 0 Å². The van der Waals surface area contributed by atoms with E-state index in [2.05, 4.69) is 27.8 Å². The summed E-state index contributed by atoms with van der Waals surface area (Å²) in [5.74, 6) is 5.66. The van der Waals surface area contributed by atoms with Crippen molar-refractivity contribution in [3.05, 3.63) is 35.1 Å². The molecular weight excluding hydrogens is 231 g/mol.